The molecule has 0 fully saturated rings. The standard InChI is InChI=1S/C13H19BrN2O/c1-8-9(14)6-5-7-10(8)16-12(17)11(15)13(2,3)4/h5-7,11H,15H2,1-4H3,(H,16,17). The lowest BCUT2D eigenvalue weighted by molar-refractivity contribution is -0.119. The lowest BCUT2D eigenvalue weighted by Crippen LogP contribution is -2.45. The minimum absolute atomic E-state index is 0.154. The number of amides is 1. The molecule has 1 amide bonds. The number of rotatable bonds is 2. The van der Waals surface area contributed by atoms with Gasteiger partial charge in [-0.15, -0.1) is 0 Å². The summed E-state index contributed by atoms with van der Waals surface area (Å²) in [6.45, 7) is 7.79. The van der Waals surface area contributed by atoms with Crippen LogP contribution in [0.15, 0.2) is 22.7 Å². The topological polar surface area (TPSA) is 55.1 Å². The molecule has 0 aliphatic heterocycles. The van der Waals surface area contributed by atoms with Crippen LogP contribution in [0.1, 0.15) is 26.3 Å². The molecule has 0 saturated heterocycles. The quantitative estimate of drug-likeness (QED) is 0.881. The highest BCUT2D eigenvalue weighted by atomic mass is 79.9. The van der Waals surface area contributed by atoms with E-state index in [2.05, 4.69) is 21.2 Å². The molecular weight excluding hydrogens is 280 g/mol. The summed E-state index contributed by atoms with van der Waals surface area (Å²) in [5.41, 5.74) is 7.46. The molecule has 0 aliphatic rings. The van der Waals surface area contributed by atoms with Gasteiger partial charge in [-0.2, -0.15) is 0 Å². The Hall–Kier alpha value is -0.870. The van der Waals surface area contributed by atoms with Crippen LogP contribution in [0.4, 0.5) is 5.69 Å². The minimum Gasteiger partial charge on any atom is -0.324 e. The highest BCUT2D eigenvalue weighted by molar-refractivity contribution is 9.10. The first kappa shape index (κ1) is 14.2. The van der Waals surface area contributed by atoms with E-state index < -0.39 is 6.04 Å². The van der Waals surface area contributed by atoms with Crippen LogP contribution in [0.2, 0.25) is 0 Å². The fourth-order valence-electron chi connectivity index (χ4n) is 1.35. The Morgan fingerprint density at radius 1 is 1.41 bits per heavy atom. The average molecular weight is 299 g/mol. The summed E-state index contributed by atoms with van der Waals surface area (Å²) in [5.74, 6) is -0.154. The van der Waals surface area contributed by atoms with Gasteiger partial charge in [-0.25, -0.2) is 0 Å². The first-order valence-electron chi connectivity index (χ1n) is 5.55. The van der Waals surface area contributed by atoms with Gasteiger partial charge in [0.25, 0.3) is 0 Å². The van der Waals surface area contributed by atoms with E-state index in [9.17, 15) is 4.79 Å². The Morgan fingerprint density at radius 3 is 2.53 bits per heavy atom. The van der Waals surface area contributed by atoms with Gasteiger partial charge in [-0.05, 0) is 30.0 Å². The zero-order valence-electron chi connectivity index (χ0n) is 10.7. The first-order chi connectivity index (χ1) is 7.73. The second-order valence-corrected chi connectivity index (χ2v) is 6.10. The molecule has 3 N–H and O–H groups in total. The van der Waals surface area contributed by atoms with Gasteiger partial charge in [0, 0.05) is 10.2 Å². The van der Waals surface area contributed by atoms with E-state index in [-0.39, 0.29) is 11.3 Å². The van der Waals surface area contributed by atoms with Crippen molar-refractivity contribution in [3.8, 4) is 0 Å². The number of nitrogens with one attached hydrogen (secondary N) is 1. The molecule has 0 radical (unpaired) electrons. The largest absolute Gasteiger partial charge is 0.324 e. The number of carbonyl (C=O) groups excluding carboxylic acids is 1. The minimum atomic E-state index is -0.527. The smallest absolute Gasteiger partial charge is 0.241 e. The number of halogens is 1. The van der Waals surface area contributed by atoms with Crippen molar-refractivity contribution in [3.63, 3.8) is 0 Å². The van der Waals surface area contributed by atoms with E-state index in [1.54, 1.807) is 0 Å². The Kier molecular flexibility index (Phi) is 4.33. The van der Waals surface area contributed by atoms with Crippen LogP contribution in [0.3, 0.4) is 0 Å². The van der Waals surface area contributed by atoms with Crippen LogP contribution >= 0.6 is 15.9 Å². The number of carbonyl (C=O) groups is 1. The van der Waals surface area contributed by atoms with Gasteiger partial charge in [0.1, 0.15) is 0 Å². The SMILES string of the molecule is Cc1c(Br)cccc1NC(=O)C(N)C(C)(C)C. The molecule has 1 aromatic carbocycles. The second-order valence-electron chi connectivity index (χ2n) is 5.25. The maximum atomic E-state index is 12.0. The molecule has 1 unspecified atom stereocenters. The first-order valence-corrected chi connectivity index (χ1v) is 6.34. The summed E-state index contributed by atoms with van der Waals surface area (Å²) in [5, 5.41) is 2.86. The number of anilines is 1. The van der Waals surface area contributed by atoms with Crippen molar-refractivity contribution in [2.24, 2.45) is 11.1 Å². The van der Waals surface area contributed by atoms with E-state index in [0.717, 1.165) is 15.7 Å². The summed E-state index contributed by atoms with van der Waals surface area (Å²) >= 11 is 3.43. The van der Waals surface area contributed by atoms with Crippen LogP contribution in [0, 0.1) is 12.3 Å². The number of hydrogen-bond acceptors (Lipinski definition) is 2. The van der Waals surface area contributed by atoms with Crippen molar-refractivity contribution in [2.45, 2.75) is 33.7 Å². The molecule has 1 atom stereocenters. The summed E-state index contributed by atoms with van der Waals surface area (Å²) in [6, 6.07) is 5.16. The second kappa shape index (κ2) is 5.19. The third-order valence-electron chi connectivity index (χ3n) is 2.74. The highest BCUT2D eigenvalue weighted by Crippen LogP contribution is 2.25. The van der Waals surface area contributed by atoms with Crippen molar-refractivity contribution in [2.75, 3.05) is 5.32 Å². The van der Waals surface area contributed by atoms with E-state index in [1.165, 1.54) is 0 Å². The molecule has 0 aromatic heterocycles. The number of hydrogen-bond donors (Lipinski definition) is 2. The molecule has 0 heterocycles. The van der Waals surface area contributed by atoms with Gasteiger partial charge in [0.15, 0.2) is 0 Å². The maximum Gasteiger partial charge on any atom is 0.241 e. The summed E-state index contributed by atoms with van der Waals surface area (Å²) in [7, 11) is 0. The zero-order valence-corrected chi connectivity index (χ0v) is 12.3. The van der Waals surface area contributed by atoms with Crippen LogP contribution < -0.4 is 11.1 Å². The van der Waals surface area contributed by atoms with Gasteiger partial charge in [0.2, 0.25) is 5.91 Å². The van der Waals surface area contributed by atoms with E-state index in [4.69, 9.17) is 5.73 Å². The molecular formula is C13H19BrN2O. The van der Waals surface area contributed by atoms with E-state index >= 15 is 0 Å². The fraction of sp³-hybridized carbons (Fsp3) is 0.462. The Balaban J connectivity index is 2.86. The molecule has 0 spiro atoms. The van der Waals surface area contributed by atoms with Crippen molar-refractivity contribution in [1.29, 1.82) is 0 Å². The summed E-state index contributed by atoms with van der Waals surface area (Å²) in [6.07, 6.45) is 0. The molecule has 0 aliphatic carbocycles. The van der Waals surface area contributed by atoms with Crippen LogP contribution in [0.5, 0.6) is 0 Å². The van der Waals surface area contributed by atoms with Crippen molar-refractivity contribution < 1.29 is 4.79 Å². The maximum absolute atomic E-state index is 12.0. The van der Waals surface area contributed by atoms with Gasteiger partial charge >= 0.3 is 0 Å². The van der Waals surface area contributed by atoms with E-state index in [0.29, 0.717) is 0 Å². The molecule has 0 saturated carbocycles. The van der Waals surface area contributed by atoms with Crippen molar-refractivity contribution in [3.05, 3.63) is 28.2 Å². The van der Waals surface area contributed by atoms with Crippen LogP contribution in [-0.2, 0) is 4.79 Å². The molecule has 3 nitrogen and oxygen atoms in total. The summed E-state index contributed by atoms with van der Waals surface area (Å²) in [4.78, 5) is 12.0. The van der Waals surface area contributed by atoms with Crippen LogP contribution in [-0.4, -0.2) is 11.9 Å². The Bertz CT molecular complexity index is 424. The highest BCUT2D eigenvalue weighted by Gasteiger charge is 2.27. The number of benzene rings is 1. The fourth-order valence-corrected chi connectivity index (χ4v) is 1.71. The van der Waals surface area contributed by atoms with Crippen molar-refractivity contribution >= 4 is 27.5 Å². The summed E-state index contributed by atoms with van der Waals surface area (Å²) < 4.78 is 0.972. The predicted octanol–water partition coefficient (Wildman–Crippen LogP) is 3.07. The molecule has 1 rings (SSSR count). The third kappa shape index (κ3) is 3.54. The lowest BCUT2D eigenvalue weighted by Gasteiger charge is -2.26. The molecule has 0 bridgehead atoms. The van der Waals surface area contributed by atoms with Crippen LogP contribution in [0.25, 0.3) is 0 Å². The molecule has 1 aromatic rings. The Labute approximate surface area is 111 Å². The molecule has 4 heteroatoms. The lowest BCUT2D eigenvalue weighted by atomic mass is 9.87. The zero-order chi connectivity index (χ0) is 13.2. The van der Waals surface area contributed by atoms with E-state index in [1.807, 2.05) is 45.9 Å². The monoisotopic (exact) mass is 298 g/mol. The van der Waals surface area contributed by atoms with Gasteiger partial charge < -0.3 is 11.1 Å². The van der Waals surface area contributed by atoms with Gasteiger partial charge in [0.05, 0.1) is 6.04 Å². The normalized spacial score (nSPS) is 13.3. The molecule has 17 heavy (non-hydrogen) atoms. The predicted molar refractivity (Wildman–Crippen MR) is 74.9 cm³/mol. The van der Waals surface area contributed by atoms with Crippen molar-refractivity contribution in [1.82, 2.24) is 0 Å². The Morgan fingerprint density at radius 2 is 2.00 bits per heavy atom. The van der Waals surface area contributed by atoms with Gasteiger partial charge in [-0.3, -0.25) is 4.79 Å². The average Bonchev–Trinajstić information content (AvgIpc) is 2.22. The molecule has 94 valence electrons. The number of nitrogens with two attached hydrogens (primary N) is 1. The van der Waals surface area contributed by atoms with Gasteiger partial charge in [-0.1, -0.05) is 42.8 Å². The third-order valence-corrected chi connectivity index (χ3v) is 3.60.